The van der Waals surface area contributed by atoms with Crippen molar-refractivity contribution in [1.82, 2.24) is 0 Å². The second kappa shape index (κ2) is 5.78. The van der Waals surface area contributed by atoms with Crippen LogP contribution in [0.3, 0.4) is 0 Å². The van der Waals surface area contributed by atoms with Gasteiger partial charge in [0.25, 0.3) is 0 Å². The van der Waals surface area contributed by atoms with Crippen LogP contribution in [0.15, 0.2) is 42.5 Å². The van der Waals surface area contributed by atoms with E-state index in [-0.39, 0.29) is 0 Å². The van der Waals surface area contributed by atoms with Gasteiger partial charge < -0.3 is 15.8 Å². The van der Waals surface area contributed by atoms with E-state index in [1.54, 1.807) is 13.2 Å². The van der Waals surface area contributed by atoms with Gasteiger partial charge >= 0.3 is 0 Å². The Bertz CT molecular complexity index is 617. The summed E-state index contributed by atoms with van der Waals surface area (Å²) in [6, 6.07) is 15.2. The second-order valence-electron chi connectivity index (χ2n) is 4.09. The highest BCUT2D eigenvalue weighted by atomic mass is 16.5. The molecule has 2 aromatic carbocycles. The molecule has 0 aliphatic carbocycles. The van der Waals surface area contributed by atoms with Crippen molar-refractivity contribution in [2.24, 2.45) is 0 Å². The normalized spacial score (nSPS) is 9.68. The number of nitrogens with zero attached hydrogens (tertiary/aromatic N) is 1. The lowest BCUT2D eigenvalue weighted by Gasteiger charge is -2.10. The number of benzene rings is 2. The third-order valence-electron chi connectivity index (χ3n) is 2.82. The standard InChI is InChI=1S/C15H15N3O/c1-19-15-7-6-11(8-13(15)17)10-18-14-5-3-2-4-12(14)9-16/h2-8,18H,10,17H2,1H3. The van der Waals surface area contributed by atoms with Crippen LogP contribution in [0.1, 0.15) is 11.1 Å². The summed E-state index contributed by atoms with van der Waals surface area (Å²) in [4.78, 5) is 0. The zero-order valence-electron chi connectivity index (χ0n) is 10.7. The molecule has 4 heteroatoms. The van der Waals surface area contributed by atoms with Crippen molar-refractivity contribution in [3.05, 3.63) is 53.6 Å². The van der Waals surface area contributed by atoms with Gasteiger partial charge in [-0.05, 0) is 29.8 Å². The van der Waals surface area contributed by atoms with Crippen molar-refractivity contribution in [2.45, 2.75) is 6.54 Å². The van der Waals surface area contributed by atoms with Crippen molar-refractivity contribution in [2.75, 3.05) is 18.2 Å². The molecule has 96 valence electrons. The Labute approximate surface area is 112 Å². The molecule has 19 heavy (non-hydrogen) atoms. The molecule has 4 nitrogen and oxygen atoms in total. The van der Waals surface area contributed by atoms with Gasteiger partial charge in [0.15, 0.2) is 0 Å². The number of hydrogen-bond donors (Lipinski definition) is 2. The number of anilines is 2. The maximum Gasteiger partial charge on any atom is 0.141 e. The fraction of sp³-hybridized carbons (Fsp3) is 0.133. The summed E-state index contributed by atoms with van der Waals surface area (Å²) in [6.07, 6.45) is 0. The molecule has 0 bridgehead atoms. The maximum atomic E-state index is 9.00. The number of nitrogens with one attached hydrogen (secondary N) is 1. The van der Waals surface area contributed by atoms with Gasteiger partial charge in [-0.3, -0.25) is 0 Å². The van der Waals surface area contributed by atoms with Crippen LogP contribution in [0, 0.1) is 11.3 Å². The van der Waals surface area contributed by atoms with Gasteiger partial charge in [-0.25, -0.2) is 0 Å². The van der Waals surface area contributed by atoms with E-state index in [0.717, 1.165) is 11.3 Å². The van der Waals surface area contributed by atoms with Gasteiger partial charge in [0.1, 0.15) is 11.8 Å². The summed E-state index contributed by atoms with van der Waals surface area (Å²) >= 11 is 0. The Morgan fingerprint density at radius 2 is 2.05 bits per heavy atom. The molecule has 2 aromatic rings. The van der Waals surface area contributed by atoms with E-state index in [0.29, 0.717) is 23.5 Å². The number of para-hydroxylation sites is 1. The molecular formula is C15H15N3O. The van der Waals surface area contributed by atoms with Crippen molar-refractivity contribution >= 4 is 11.4 Å². The Morgan fingerprint density at radius 1 is 1.26 bits per heavy atom. The van der Waals surface area contributed by atoms with Gasteiger partial charge in [-0.2, -0.15) is 5.26 Å². The number of ether oxygens (including phenoxy) is 1. The van der Waals surface area contributed by atoms with Gasteiger partial charge in [0, 0.05) is 6.54 Å². The highest BCUT2D eigenvalue weighted by molar-refractivity contribution is 5.58. The van der Waals surface area contributed by atoms with E-state index >= 15 is 0 Å². The minimum Gasteiger partial charge on any atom is -0.495 e. The van der Waals surface area contributed by atoms with Crippen LogP contribution >= 0.6 is 0 Å². The third-order valence-corrected chi connectivity index (χ3v) is 2.82. The minimum absolute atomic E-state index is 0.604. The SMILES string of the molecule is COc1ccc(CNc2ccccc2C#N)cc1N. The molecule has 0 saturated carbocycles. The summed E-state index contributed by atoms with van der Waals surface area (Å²) in [5, 5.41) is 12.2. The predicted octanol–water partition coefficient (Wildman–Crippen LogP) is 2.76. The first-order chi connectivity index (χ1) is 9.24. The van der Waals surface area contributed by atoms with E-state index in [9.17, 15) is 0 Å². The van der Waals surface area contributed by atoms with Crippen molar-refractivity contribution in [3.63, 3.8) is 0 Å². The number of nitrogen functional groups attached to an aromatic ring is 1. The molecule has 0 atom stereocenters. The average Bonchev–Trinajstić information content (AvgIpc) is 2.45. The van der Waals surface area contributed by atoms with Crippen LogP contribution in [0.25, 0.3) is 0 Å². The number of nitrogens with two attached hydrogens (primary N) is 1. The second-order valence-corrected chi connectivity index (χ2v) is 4.09. The van der Waals surface area contributed by atoms with Gasteiger partial charge in [0.2, 0.25) is 0 Å². The molecule has 0 saturated heterocycles. The van der Waals surface area contributed by atoms with Gasteiger partial charge in [-0.1, -0.05) is 18.2 Å². The van der Waals surface area contributed by atoms with Crippen LogP contribution in [-0.4, -0.2) is 7.11 Å². The van der Waals surface area contributed by atoms with E-state index in [4.69, 9.17) is 15.7 Å². The zero-order valence-corrected chi connectivity index (χ0v) is 10.7. The molecule has 2 rings (SSSR count). The molecule has 3 N–H and O–H groups in total. The number of nitriles is 1. The first kappa shape index (κ1) is 12.8. The topological polar surface area (TPSA) is 71.1 Å². The van der Waals surface area contributed by atoms with Crippen LogP contribution in [-0.2, 0) is 6.54 Å². The molecule has 0 unspecified atom stereocenters. The molecular weight excluding hydrogens is 238 g/mol. The lowest BCUT2D eigenvalue weighted by atomic mass is 10.1. The van der Waals surface area contributed by atoms with E-state index in [2.05, 4.69) is 11.4 Å². The Kier molecular flexibility index (Phi) is 3.89. The van der Waals surface area contributed by atoms with E-state index < -0.39 is 0 Å². The first-order valence-corrected chi connectivity index (χ1v) is 5.90. The fourth-order valence-corrected chi connectivity index (χ4v) is 1.83. The highest BCUT2D eigenvalue weighted by Crippen LogP contribution is 2.22. The fourth-order valence-electron chi connectivity index (χ4n) is 1.83. The maximum absolute atomic E-state index is 9.00. The summed E-state index contributed by atoms with van der Waals surface area (Å²) in [5.41, 5.74) is 8.94. The Balaban J connectivity index is 2.11. The molecule has 0 aliphatic heterocycles. The lowest BCUT2D eigenvalue weighted by molar-refractivity contribution is 0.417. The highest BCUT2D eigenvalue weighted by Gasteiger charge is 2.03. The Morgan fingerprint density at radius 3 is 2.74 bits per heavy atom. The minimum atomic E-state index is 0.604. The average molecular weight is 253 g/mol. The lowest BCUT2D eigenvalue weighted by Crippen LogP contribution is -2.02. The van der Waals surface area contributed by atoms with Gasteiger partial charge in [-0.15, -0.1) is 0 Å². The molecule has 0 spiro atoms. The molecule has 0 radical (unpaired) electrons. The monoisotopic (exact) mass is 253 g/mol. The smallest absolute Gasteiger partial charge is 0.141 e. The summed E-state index contributed by atoms with van der Waals surface area (Å²) in [5.74, 6) is 0.668. The molecule has 0 heterocycles. The summed E-state index contributed by atoms with van der Waals surface area (Å²) < 4.78 is 5.11. The van der Waals surface area contributed by atoms with Crippen LogP contribution in [0.2, 0.25) is 0 Å². The van der Waals surface area contributed by atoms with Crippen LogP contribution in [0.4, 0.5) is 11.4 Å². The quantitative estimate of drug-likeness (QED) is 0.822. The Hall–Kier alpha value is -2.67. The van der Waals surface area contributed by atoms with Crippen molar-refractivity contribution < 1.29 is 4.74 Å². The van der Waals surface area contributed by atoms with Crippen molar-refractivity contribution in [3.8, 4) is 11.8 Å². The summed E-state index contributed by atoms with van der Waals surface area (Å²) in [7, 11) is 1.59. The molecule has 0 fully saturated rings. The van der Waals surface area contributed by atoms with Crippen LogP contribution in [0.5, 0.6) is 5.75 Å². The number of hydrogen-bond acceptors (Lipinski definition) is 4. The molecule has 0 aromatic heterocycles. The third kappa shape index (κ3) is 2.96. The van der Waals surface area contributed by atoms with Gasteiger partial charge in [0.05, 0.1) is 24.0 Å². The van der Waals surface area contributed by atoms with Crippen molar-refractivity contribution in [1.29, 1.82) is 5.26 Å². The first-order valence-electron chi connectivity index (χ1n) is 5.90. The van der Waals surface area contributed by atoms with E-state index in [1.165, 1.54) is 0 Å². The number of methoxy groups -OCH3 is 1. The molecule has 0 aliphatic rings. The zero-order chi connectivity index (χ0) is 13.7. The predicted molar refractivity (Wildman–Crippen MR) is 75.9 cm³/mol. The summed E-state index contributed by atoms with van der Waals surface area (Å²) in [6.45, 7) is 0.604. The van der Waals surface area contributed by atoms with E-state index in [1.807, 2.05) is 36.4 Å². The molecule has 0 amide bonds. The number of rotatable bonds is 4. The van der Waals surface area contributed by atoms with Crippen LogP contribution < -0.4 is 15.8 Å². The largest absolute Gasteiger partial charge is 0.495 e.